The topological polar surface area (TPSA) is 14.2 Å². The van der Waals surface area contributed by atoms with Crippen LogP contribution >= 0.6 is 11.3 Å². The van der Waals surface area contributed by atoms with Gasteiger partial charge in [-0.3, -0.25) is 0 Å². The number of nitrogens with zero attached hydrogens (tertiary/aromatic N) is 1. The molecule has 0 fully saturated rings. The van der Waals surface area contributed by atoms with E-state index in [1.807, 2.05) is 17.4 Å². The predicted molar refractivity (Wildman–Crippen MR) is 89.4 cm³/mol. The zero-order chi connectivity index (χ0) is 14.2. The van der Waals surface area contributed by atoms with Gasteiger partial charge >= 0.3 is 0 Å². The molecule has 3 heteroatoms. The molecule has 0 amide bonds. The second-order valence-corrected chi connectivity index (χ2v) is 6.04. The van der Waals surface area contributed by atoms with Crippen molar-refractivity contribution in [1.82, 2.24) is 4.57 Å². The van der Waals surface area contributed by atoms with Crippen LogP contribution in [0, 0.1) is 0 Å². The van der Waals surface area contributed by atoms with E-state index in [4.69, 9.17) is 4.74 Å². The molecule has 4 rings (SSSR count). The summed E-state index contributed by atoms with van der Waals surface area (Å²) in [5, 5.41) is 4.84. The van der Waals surface area contributed by atoms with Gasteiger partial charge in [0, 0.05) is 28.3 Å². The molecule has 0 saturated carbocycles. The maximum absolute atomic E-state index is 5.29. The lowest BCUT2D eigenvalue weighted by Gasteiger charge is -2.06. The lowest BCUT2D eigenvalue weighted by atomic mass is 10.2. The molecule has 0 N–H and O–H groups in total. The summed E-state index contributed by atoms with van der Waals surface area (Å²) in [6, 6.07) is 17.0. The van der Waals surface area contributed by atoms with E-state index in [1.54, 1.807) is 7.11 Å². The molecule has 0 spiro atoms. The minimum Gasteiger partial charge on any atom is -0.497 e. The first kappa shape index (κ1) is 12.5. The van der Waals surface area contributed by atoms with Gasteiger partial charge in [-0.05, 0) is 46.7 Å². The molecule has 104 valence electrons. The van der Waals surface area contributed by atoms with Gasteiger partial charge in [0.15, 0.2) is 0 Å². The summed E-state index contributed by atoms with van der Waals surface area (Å²) in [4.78, 5) is 0. The monoisotopic (exact) mass is 293 g/mol. The van der Waals surface area contributed by atoms with Crippen molar-refractivity contribution < 1.29 is 4.74 Å². The number of hydrogen-bond acceptors (Lipinski definition) is 2. The van der Waals surface area contributed by atoms with E-state index >= 15 is 0 Å². The maximum Gasteiger partial charge on any atom is 0.119 e. The van der Waals surface area contributed by atoms with E-state index < -0.39 is 0 Å². The summed E-state index contributed by atoms with van der Waals surface area (Å²) in [7, 11) is 1.70. The van der Waals surface area contributed by atoms with Crippen LogP contribution in [0.2, 0.25) is 0 Å². The molecule has 0 bridgehead atoms. The lowest BCUT2D eigenvalue weighted by molar-refractivity contribution is 0.415. The first-order valence-corrected chi connectivity index (χ1v) is 7.81. The standard InChI is InChI=1S/C18H15NOS/c1-20-15-6-7-17-13(10-15)8-9-19(17)11-14-12-21-18-5-3-2-4-16(14)18/h2-10,12H,11H2,1H3. The number of hydrogen-bond donors (Lipinski definition) is 0. The zero-order valence-electron chi connectivity index (χ0n) is 11.7. The van der Waals surface area contributed by atoms with Gasteiger partial charge in [0.2, 0.25) is 0 Å². The van der Waals surface area contributed by atoms with Gasteiger partial charge in [0.1, 0.15) is 5.75 Å². The summed E-state index contributed by atoms with van der Waals surface area (Å²) >= 11 is 1.81. The highest BCUT2D eigenvalue weighted by molar-refractivity contribution is 7.17. The third-order valence-corrected chi connectivity index (χ3v) is 4.89. The molecule has 0 unspecified atom stereocenters. The Bertz CT molecular complexity index is 919. The minimum absolute atomic E-state index is 0.903. The minimum atomic E-state index is 0.903. The second-order valence-electron chi connectivity index (χ2n) is 5.13. The van der Waals surface area contributed by atoms with Gasteiger partial charge in [-0.2, -0.15) is 0 Å². The van der Waals surface area contributed by atoms with Gasteiger partial charge in [0.05, 0.1) is 7.11 Å². The highest BCUT2D eigenvalue weighted by Gasteiger charge is 2.07. The van der Waals surface area contributed by atoms with Crippen LogP contribution in [0.5, 0.6) is 5.75 Å². The third-order valence-electron chi connectivity index (χ3n) is 3.88. The predicted octanol–water partition coefficient (Wildman–Crippen LogP) is 4.91. The molecule has 2 aromatic heterocycles. The fraction of sp³-hybridized carbons (Fsp3) is 0.111. The molecule has 0 atom stereocenters. The lowest BCUT2D eigenvalue weighted by Crippen LogP contribution is -1.96. The van der Waals surface area contributed by atoms with E-state index in [0.29, 0.717) is 0 Å². The number of thiophene rings is 1. The molecule has 2 heterocycles. The molecule has 4 aromatic rings. The molecule has 2 nitrogen and oxygen atoms in total. The van der Waals surface area contributed by atoms with Gasteiger partial charge < -0.3 is 9.30 Å². The fourth-order valence-electron chi connectivity index (χ4n) is 2.78. The summed E-state index contributed by atoms with van der Waals surface area (Å²) in [6.45, 7) is 0.903. The Kier molecular flexibility index (Phi) is 2.93. The Balaban J connectivity index is 1.77. The van der Waals surface area contributed by atoms with Crippen LogP contribution in [0.1, 0.15) is 5.56 Å². The van der Waals surface area contributed by atoms with Crippen LogP contribution in [0.3, 0.4) is 0 Å². The van der Waals surface area contributed by atoms with E-state index in [-0.39, 0.29) is 0 Å². The van der Waals surface area contributed by atoms with Crippen molar-refractivity contribution in [2.24, 2.45) is 0 Å². The molecule has 21 heavy (non-hydrogen) atoms. The summed E-state index contributed by atoms with van der Waals surface area (Å²) in [5.74, 6) is 0.904. The van der Waals surface area contributed by atoms with Crippen LogP contribution in [0.4, 0.5) is 0 Å². The normalized spacial score (nSPS) is 11.3. The molecular formula is C18H15NOS. The van der Waals surface area contributed by atoms with Crippen LogP contribution in [0.25, 0.3) is 21.0 Å². The summed E-state index contributed by atoms with van der Waals surface area (Å²) in [5.41, 5.74) is 2.62. The second kappa shape index (κ2) is 4.93. The Labute approximate surface area is 127 Å². The quantitative estimate of drug-likeness (QED) is 0.523. The molecule has 0 radical (unpaired) electrons. The van der Waals surface area contributed by atoms with Gasteiger partial charge in [-0.1, -0.05) is 18.2 Å². The van der Waals surface area contributed by atoms with Crippen LogP contribution in [0.15, 0.2) is 60.1 Å². The van der Waals surface area contributed by atoms with Crippen LogP contribution in [-0.4, -0.2) is 11.7 Å². The van der Waals surface area contributed by atoms with Crippen molar-refractivity contribution in [2.45, 2.75) is 6.54 Å². The number of fused-ring (bicyclic) bond motifs is 2. The Morgan fingerprint density at radius 2 is 2.00 bits per heavy atom. The van der Waals surface area contributed by atoms with Crippen molar-refractivity contribution in [3.8, 4) is 5.75 Å². The van der Waals surface area contributed by atoms with Gasteiger partial charge in [-0.25, -0.2) is 0 Å². The van der Waals surface area contributed by atoms with E-state index in [9.17, 15) is 0 Å². The van der Waals surface area contributed by atoms with E-state index in [1.165, 1.54) is 26.6 Å². The molecule has 0 aliphatic rings. The van der Waals surface area contributed by atoms with E-state index in [0.717, 1.165) is 12.3 Å². The Morgan fingerprint density at radius 3 is 2.90 bits per heavy atom. The van der Waals surface area contributed by atoms with Gasteiger partial charge in [-0.15, -0.1) is 11.3 Å². The molecule has 2 aromatic carbocycles. The summed E-state index contributed by atoms with van der Waals surface area (Å²) in [6.07, 6.45) is 2.15. The average molecular weight is 293 g/mol. The Morgan fingerprint density at radius 1 is 1.10 bits per heavy atom. The SMILES string of the molecule is COc1ccc2c(ccn2Cc2csc3ccccc23)c1. The largest absolute Gasteiger partial charge is 0.497 e. The average Bonchev–Trinajstić information content (AvgIpc) is 3.12. The number of benzene rings is 2. The van der Waals surface area contributed by atoms with Crippen molar-refractivity contribution in [1.29, 1.82) is 0 Å². The fourth-order valence-corrected chi connectivity index (χ4v) is 3.74. The molecular weight excluding hydrogens is 278 g/mol. The number of aromatic nitrogens is 1. The summed E-state index contributed by atoms with van der Waals surface area (Å²) < 4.78 is 8.93. The number of rotatable bonds is 3. The van der Waals surface area contributed by atoms with Crippen molar-refractivity contribution in [3.63, 3.8) is 0 Å². The highest BCUT2D eigenvalue weighted by Crippen LogP contribution is 2.28. The smallest absolute Gasteiger partial charge is 0.119 e. The first-order valence-electron chi connectivity index (χ1n) is 6.93. The zero-order valence-corrected chi connectivity index (χ0v) is 12.6. The first-order chi connectivity index (χ1) is 10.3. The molecule has 0 saturated heterocycles. The molecule has 0 aliphatic heterocycles. The van der Waals surface area contributed by atoms with Crippen molar-refractivity contribution in [3.05, 3.63) is 65.7 Å². The van der Waals surface area contributed by atoms with Crippen molar-refractivity contribution in [2.75, 3.05) is 7.11 Å². The molecule has 0 aliphatic carbocycles. The number of ether oxygens (including phenoxy) is 1. The maximum atomic E-state index is 5.29. The van der Waals surface area contributed by atoms with E-state index in [2.05, 4.69) is 58.6 Å². The van der Waals surface area contributed by atoms with Gasteiger partial charge in [0.25, 0.3) is 0 Å². The Hall–Kier alpha value is -2.26. The highest BCUT2D eigenvalue weighted by atomic mass is 32.1. The van der Waals surface area contributed by atoms with Crippen LogP contribution < -0.4 is 4.74 Å². The van der Waals surface area contributed by atoms with Crippen LogP contribution in [-0.2, 0) is 6.54 Å². The van der Waals surface area contributed by atoms with Crippen molar-refractivity contribution >= 4 is 32.3 Å². The number of methoxy groups -OCH3 is 1. The third kappa shape index (κ3) is 2.10.